The Kier molecular flexibility index (Phi) is 3.52. The van der Waals surface area contributed by atoms with Gasteiger partial charge in [0, 0.05) is 13.7 Å². The lowest BCUT2D eigenvalue weighted by molar-refractivity contribution is 0.0696. The summed E-state index contributed by atoms with van der Waals surface area (Å²) in [7, 11) is 1.80. The molecule has 0 spiro atoms. The molecule has 0 aliphatic carbocycles. The van der Waals surface area contributed by atoms with E-state index in [1.807, 2.05) is 11.8 Å². The van der Waals surface area contributed by atoms with Gasteiger partial charge in [0.1, 0.15) is 5.82 Å². The minimum Gasteiger partial charge on any atom is -0.478 e. The number of carbonyl (C=O) groups is 1. The number of carboxylic acid groups (broad SMARTS) is 1. The van der Waals surface area contributed by atoms with E-state index in [1.54, 1.807) is 7.05 Å². The third-order valence-corrected chi connectivity index (χ3v) is 3.41. The number of ether oxygens (including phenoxy) is 1. The van der Waals surface area contributed by atoms with Gasteiger partial charge in [-0.25, -0.2) is 9.18 Å². The average Bonchev–Trinajstić information content (AvgIpc) is 2.74. The Balaban J connectivity index is 2.25. The van der Waals surface area contributed by atoms with Gasteiger partial charge in [-0.1, -0.05) is 0 Å². The van der Waals surface area contributed by atoms with Gasteiger partial charge in [0.05, 0.1) is 23.4 Å². The number of hydrogen-bond donors (Lipinski definition) is 1. The fraction of sp³-hybridized carbons (Fsp3) is 0.462. The second kappa shape index (κ2) is 4.94. The van der Waals surface area contributed by atoms with Gasteiger partial charge in [-0.05, 0) is 31.5 Å². The molecule has 0 bridgehead atoms. The van der Waals surface area contributed by atoms with E-state index in [1.165, 1.54) is 12.1 Å². The fourth-order valence-corrected chi connectivity index (χ4v) is 2.33. The monoisotopic (exact) mass is 253 g/mol. The molecule has 1 heterocycles. The van der Waals surface area contributed by atoms with Gasteiger partial charge in [-0.15, -0.1) is 0 Å². The lowest BCUT2D eigenvalue weighted by atomic mass is 10.1. The summed E-state index contributed by atoms with van der Waals surface area (Å²) in [5.41, 5.74) is 0.364. The normalized spacial score (nSPS) is 23.1. The first-order chi connectivity index (χ1) is 8.50. The van der Waals surface area contributed by atoms with Crippen molar-refractivity contribution in [1.82, 2.24) is 0 Å². The van der Waals surface area contributed by atoms with Gasteiger partial charge in [-0.3, -0.25) is 0 Å². The molecule has 1 aliphatic heterocycles. The summed E-state index contributed by atoms with van der Waals surface area (Å²) in [4.78, 5) is 12.6. The minimum absolute atomic E-state index is 0.0413. The predicted octanol–water partition coefficient (Wildman–Crippen LogP) is 2.14. The SMILES string of the molecule is CC1OCCC1N(C)c1ccc(C(=O)O)cc1F. The molecule has 2 atom stereocenters. The Morgan fingerprint density at radius 1 is 1.56 bits per heavy atom. The summed E-state index contributed by atoms with van der Waals surface area (Å²) in [5.74, 6) is -1.64. The van der Waals surface area contributed by atoms with E-state index in [-0.39, 0.29) is 17.7 Å². The summed E-state index contributed by atoms with van der Waals surface area (Å²) in [5, 5.41) is 8.79. The van der Waals surface area contributed by atoms with Crippen LogP contribution in [0.5, 0.6) is 0 Å². The molecule has 2 unspecified atom stereocenters. The molecular formula is C13H16FNO3. The van der Waals surface area contributed by atoms with E-state index in [2.05, 4.69) is 0 Å². The van der Waals surface area contributed by atoms with Crippen LogP contribution in [-0.2, 0) is 4.74 Å². The zero-order chi connectivity index (χ0) is 13.3. The van der Waals surface area contributed by atoms with Crippen molar-refractivity contribution in [3.8, 4) is 0 Å². The quantitative estimate of drug-likeness (QED) is 0.896. The maximum absolute atomic E-state index is 13.9. The third-order valence-electron chi connectivity index (χ3n) is 3.41. The lowest BCUT2D eigenvalue weighted by Gasteiger charge is -2.29. The van der Waals surface area contributed by atoms with Crippen molar-refractivity contribution < 1.29 is 19.0 Å². The van der Waals surface area contributed by atoms with Gasteiger partial charge in [0.25, 0.3) is 0 Å². The molecule has 4 nitrogen and oxygen atoms in total. The van der Waals surface area contributed by atoms with Crippen LogP contribution in [-0.4, -0.2) is 36.9 Å². The Labute approximate surface area is 105 Å². The highest BCUT2D eigenvalue weighted by atomic mass is 19.1. The van der Waals surface area contributed by atoms with Crippen LogP contribution in [0.15, 0.2) is 18.2 Å². The van der Waals surface area contributed by atoms with Crippen LogP contribution >= 0.6 is 0 Å². The zero-order valence-corrected chi connectivity index (χ0v) is 10.4. The van der Waals surface area contributed by atoms with Crippen molar-refractivity contribution in [3.63, 3.8) is 0 Å². The van der Waals surface area contributed by atoms with Crippen LogP contribution < -0.4 is 4.90 Å². The second-order valence-corrected chi connectivity index (χ2v) is 4.51. The van der Waals surface area contributed by atoms with E-state index in [0.717, 1.165) is 12.5 Å². The molecule has 1 N–H and O–H groups in total. The first-order valence-electron chi connectivity index (χ1n) is 5.88. The van der Waals surface area contributed by atoms with E-state index in [9.17, 15) is 9.18 Å². The Bertz CT molecular complexity index is 464. The molecule has 1 aromatic carbocycles. The van der Waals surface area contributed by atoms with Gasteiger partial charge in [0.2, 0.25) is 0 Å². The molecule has 2 rings (SSSR count). The van der Waals surface area contributed by atoms with Crippen molar-refractivity contribution in [3.05, 3.63) is 29.6 Å². The van der Waals surface area contributed by atoms with E-state index >= 15 is 0 Å². The first kappa shape index (κ1) is 12.8. The Hall–Kier alpha value is -1.62. The molecule has 0 saturated carbocycles. The number of halogens is 1. The topological polar surface area (TPSA) is 49.8 Å². The predicted molar refractivity (Wildman–Crippen MR) is 65.6 cm³/mol. The third kappa shape index (κ3) is 2.31. The van der Waals surface area contributed by atoms with Crippen molar-refractivity contribution in [1.29, 1.82) is 0 Å². The van der Waals surface area contributed by atoms with Crippen molar-refractivity contribution >= 4 is 11.7 Å². The number of rotatable bonds is 3. The molecule has 18 heavy (non-hydrogen) atoms. The Morgan fingerprint density at radius 3 is 2.78 bits per heavy atom. The summed E-state index contributed by atoms with van der Waals surface area (Å²) in [6.07, 6.45) is 0.895. The average molecular weight is 253 g/mol. The maximum Gasteiger partial charge on any atom is 0.335 e. The molecule has 1 aliphatic rings. The summed E-state index contributed by atoms with van der Waals surface area (Å²) in [6, 6.07) is 4.09. The highest BCUT2D eigenvalue weighted by molar-refractivity contribution is 5.88. The standard InChI is InChI=1S/C13H16FNO3/c1-8-11(5-6-18-8)15(2)12-4-3-9(13(16)17)7-10(12)14/h3-4,7-8,11H,5-6H2,1-2H3,(H,16,17). The highest BCUT2D eigenvalue weighted by Gasteiger charge is 2.29. The largest absolute Gasteiger partial charge is 0.478 e. The van der Waals surface area contributed by atoms with Gasteiger partial charge < -0.3 is 14.7 Å². The highest BCUT2D eigenvalue weighted by Crippen LogP contribution is 2.27. The molecule has 5 heteroatoms. The zero-order valence-electron chi connectivity index (χ0n) is 10.4. The van der Waals surface area contributed by atoms with Crippen molar-refractivity contribution in [2.45, 2.75) is 25.5 Å². The van der Waals surface area contributed by atoms with Crippen molar-refractivity contribution in [2.24, 2.45) is 0 Å². The fourth-order valence-electron chi connectivity index (χ4n) is 2.33. The Morgan fingerprint density at radius 2 is 2.28 bits per heavy atom. The number of nitrogens with zero attached hydrogens (tertiary/aromatic N) is 1. The number of benzene rings is 1. The lowest BCUT2D eigenvalue weighted by Crippen LogP contribution is -2.37. The molecule has 1 saturated heterocycles. The molecule has 1 fully saturated rings. The molecule has 1 aromatic rings. The maximum atomic E-state index is 13.9. The van der Waals surface area contributed by atoms with Crippen LogP contribution in [0.1, 0.15) is 23.7 Å². The van der Waals surface area contributed by atoms with E-state index in [4.69, 9.17) is 9.84 Å². The molecule has 98 valence electrons. The van der Waals surface area contributed by atoms with E-state index in [0.29, 0.717) is 12.3 Å². The number of anilines is 1. The van der Waals surface area contributed by atoms with Crippen LogP contribution in [0.25, 0.3) is 0 Å². The van der Waals surface area contributed by atoms with Gasteiger partial charge in [0.15, 0.2) is 0 Å². The van der Waals surface area contributed by atoms with Crippen LogP contribution in [0.3, 0.4) is 0 Å². The molecule has 0 radical (unpaired) electrons. The van der Waals surface area contributed by atoms with Crippen LogP contribution in [0, 0.1) is 5.82 Å². The molecular weight excluding hydrogens is 237 g/mol. The van der Waals surface area contributed by atoms with Crippen LogP contribution in [0.2, 0.25) is 0 Å². The van der Waals surface area contributed by atoms with E-state index < -0.39 is 11.8 Å². The van der Waals surface area contributed by atoms with Crippen LogP contribution in [0.4, 0.5) is 10.1 Å². The van der Waals surface area contributed by atoms with Gasteiger partial charge >= 0.3 is 5.97 Å². The number of aromatic carboxylic acids is 1. The molecule has 0 aromatic heterocycles. The molecule has 0 amide bonds. The minimum atomic E-state index is -1.12. The smallest absolute Gasteiger partial charge is 0.335 e. The second-order valence-electron chi connectivity index (χ2n) is 4.51. The van der Waals surface area contributed by atoms with Crippen molar-refractivity contribution in [2.75, 3.05) is 18.6 Å². The number of carboxylic acids is 1. The number of hydrogen-bond acceptors (Lipinski definition) is 3. The summed E-state index contributed by atoms with van der Waals surface area (Å²) in [6.45, 7) is 2.63. The summed E-state index contributed by atoms with van der Waals surface area (Å²) < 4.78 is 19.3. The first-order valence-corrected chi connectivity index (χ1v) is 5.88. The summed E-state index contributed by atoms with van der Waals surface area (Å²) >= 11 is 0. The van der Waals surface area contributed by atoms with Gasteiger partial charge in [-0.2, -0.15) is 0 Å². The number of likely N-dealkylation sites (N-methyl/N-ethyl adjacent to an activating group) is 1.